The molecule has 17 heavy (non-hydrogen) atoms. The molecule has 1 heterocycles. The highest BCUT2D eigenvalue weighted by molar-refractivity contribution is 9.10. The summed E-state index contributed by atoms with van der Waals surface area (Å²) in [4.78, 5) is 13.5. The lowest BCUT2D eigenvalue weighted by Gasteiger charge is -2.16. The van der Waals surface area contributed by atoms with Crippen molar-refractivity contribution in [2.75, 3.05) is 11.9 Å². The molecule has 1 fully saturated rings. The summed E-state index contributed by atoms with van der Waals surface area (Å²) >= 11 is 6.55. The Labute approximate surface area is 116 Å². The molecule has 0 aromatic heterocycles. The van der Waals surface area contributed by atoms with Crippen LogP contribution in [0, 0.1) is 11.7 Å². The molecule has 0 saturated carbocycles. The number of amides is 1. The average molecular weight is 365 g/mol. The second-order valence-electron chi connectivity index (χ2n) is 4.25. The molecule has 2 nitrogen and oxygen atoms in total. The van der Waals surface area contributed by atoms with Crippen molar-refractivity contribution in [3.63, 3.8) is 0 Å². The van der Waals surface area contributed by atoms with E-state index in [1.807, 2.05) is 4.90 Å². The Balaban J connectivity index is 2.06. The number of hydrogen-bond acceptors (Lipinski definition) is 1. The van der Waals surface area contributed by atoms with Gasteiger partial charge < -0.3 is 4.90 Å². The van der Waals surface area contributed by atoms with Crippen molar-refractivity contribution in [1.29, 1.82) is 0 Å². The van der Waals surface area contributed by atoms with E-state index in [1.165, 1.54) is 6.07 Å². The standard InChI is InChI=1S/C12H12Br2FNO/c13-5-9-4-12(17)16(7-9)6-8-1-2-11(15)10(14)3-8/h1-3,9H,4-7H2. The number of rotatable bonds is 3. The molecule has 5 heteroatoms. The summed E-state index contributed by atoms with van der Waals surface area (Å²) in [5, 5.41) is 0.850. The lowest BCUT2D eigenvalue weighted by molar-refractivity contribution is -0.128. The second-order valence-corrected chi connectivity index (χ2v) is 5.75. The Morgan fingerprint density at radius 1 is 1.47 bits per heavy atom. The molecule has 1 amide bonds. The van der Waals surface area contributed by atoms with Gasteiger partial charge in [0.15, 0.2) is 0 Å². The summed E-state index contributed by atoms with van der Waals surface area (Å²) < 4.78 is 13.5. The van der Waals surface area contributed by atoms with Crippen LogP contribution in [0.1, 0.15) is 12.0 Å². The molecule has 1 aliphatic heterocycles. The van der Waals surface area contributed by atoms with E-state index >= 15 is 0 Å². The third kappa shape index (κ3) is 3.07. The van der Waals surface area contributed by atoms with Crippen LogP contribution in [0.2, 0.25) is 0 Å². The number of alkyl halides is 1. The first-order valence-corrected chi connectivity index (χ1v) is 7.29. The molecule has 0 bridgehead atoms. The fourth-order valence-corrected chi connectivity index (χ4v) is 2.83. The van der Waals surface area contributed by atoms with Crippen LogP contribution in [0.5, 0.6) is 0 Å². The van der Waals surface area contributed by atoms with Crippen LogP contribution >= 0.6 is 31.9 Å². The number of likely N-dealkylation sites (tertiary alicyclic amines) is 1. The highest BCUT2D eigenvalue weighted by Gasteiger charge is 2.28. The SMILES string of the molecule is O=C1CC(CBr)CN1Cc1ccc(F)c(Br)c1. The van der Waals surface area contributed by atoms with Gasteiger partial charge in [0.05, 0.1) is 4.47 Å². The van der Waals surface area contributed by atoms with E-state index in [1.54, 1.807) is 12.1 Å². The number of carbonyl (C=O) groups is 1. The Hall–Kier alpha value is -0.420. The fourth-order valence-electron chi connectivity index (χ4n) is 1.97. The van der Waals surface area contributed by atoms with Crippen LogP contribution in [0.3, 0.4) is 0 Å². The Morgan fingerprint density at radius 3 is 2.82 bits per heavy atom. The Kier molecular flexibility index (Phi) is 4.20. The zero-order valence-corrected chi connectivity index (χ0v) is 12.3. The summed E-state index contributed by atoms with van der Waals surface area (Å²) in [6.45, 7) is 1.33. The number of carbonyl (C=O) groups excluding carboxylic acids is 1. The highest BCUT2D eigenvalue weighted by Crippen LogP contribution is 2.23. The maximum Gasteiger partial charge on any atom is 0.223 e. The van der Waals surface area contributed by atoms with Crippen molar-refractivity contribution in [2.45, 2.75) is 13.0 Å². The van der Waals surface area contributed by atoms with Crippen LogP contribution in [-0.4, -0.2) is 22.7 Å². The van der Waals surface area contributed by atoms with Gasteiger partial charge >= 0.3 is 0 Å². The average Bonchev–Trinajstić information content (AvgIpc) is 2.65. The van der Waals surface area contributed by atoms with E-state index in [0.717, 1.165) is 17.4 Å². The number of benzene rings is 1. The molecule has 0 radical (unpaired) electrons. The molecule has 2 rings (SSSR count). The van der Waals surface area contributed by atoms with Gasteiger partial charge in [0.2, 0.25) is 5.91 Å². The highest BCUT2D eigenvalue weighted by atomic mass is 79.9. The minimum atomic E-state index is -0.278. The lowest BCUT2D eigenvalue weighted by atomic mass is 10.2. The van der Waals surface area contributed by atoms with E-state index in [-0.39, 0.29) is 11.7 Å². The molecule has 1 aliphatic rings. The second kappa shape index (κ2) is 5.48. The van der Waals surface area contributed by atoms with Crippen LogP contribution in [-0.2, 0) is 11.3 Å². The number of halogens is 3. The zero-order valence-electron chi connectivity index (χ0n) is 9.13. The predicted molar refractivity (Wildman–Crippen MR) is 71.4 cm³/mol. The smallest absolute Gasteiger partial charge is 0.223 e. The molecule has 1 aromatic carbocycles. The third-order valence-corrected chi connectivity index (χ3v) is 4.39. The summed E-state index contributed by atoms with van der Waals surface area (Å²) in [6, 6.07) is 4.86. The quantitative estimate of drug-likeness (QED) is 0.753. The van der Waals surface area contributed by atoms with Crippen molar-refractivity contribution in [1.82, 2.24) is 4.90 Å². The number of nitrogens with zero attached hydrogens (tertiary/aromatic N) is 1. The van der Waals surface area contributed by atoms with Crippen LogP contribution in [0.15, 0.2) is 22.7 Å². The Morgan fingerprint density at radius 2 is 2.24 bits per heavy atom. The molecule has 0 aliphatic carbocycles. The summed E-state index contributed by atoms with van der Waals surface area (Å²) in [6.07, 6.45) is 0.605. The fraction of sp³-hybridized carbons (Fsp3) is 0.417. The van der Waals surface area contributed by atoms with Gasteiger partial charge in [-0.1, -0.05) is 22.0 Å². The maximum absolute atomic E-state index is 13.1. The first-order valence-electron chi connectivity index (χ1n) is 5.38. The van der Waals surface area contributed by atoms with E-state index in [9.17, 15) is 9.18 Å². The molecule has 1 unspecified atom stereocenters. The summed E-state index contributed by atoms with van der Waals surface area (Å²) in [5.74, 6) is 0.293. The summed E-state index contributed by atoms with van der Waals surface area (Å²) in [5.41, 5.74) is 0.946. The van der Waals surface area contributed by atoms with E-state index in [4.69, 9.17) is 0 Å². The van der Waals surface area contributed by atoms with Gasteiger partial charge in [0.25, 0.3) is 0 Å². The molecule has 1 aromatic rings. The van der Waals surface area contributed by atoms with Gasteiger partial charge in [0, 0.05) is 24.8 Å². The van der Waals surface area contributed by atoms with Crippen molar-refractivity contribution in [3.8, 4) is 0 Å². The number of hydrogen-bond donors (Lipinski definition) is 0. The maximum atomic E-state index is 13.1. The van der Waals surface area contributed by atoms with Crippen molar-refractivity contribution in [2.24, 2.45) is 5.92 Å². The molecule has 0 spiro atoms. The van der Waals surface area contributed by atoms with Crippen LogP contribution < -0.4 is 0 Å². The van der Waals surface area contributed by atoms with Gasteiger partial charge in [0.1, 0.15) is 5.82 Å². The van der Waals surface area contributed by atoms with Gasteiger partial charge in [-0.2, -0.15) is 0 Å². The van der Waals surface area contributed by atoms with Crippen molar-refractivity contribution < 1.29 is 9.18 Å². The Bertz CT molecular complexity index is 439. The molecular weight excluding hydrogens is 353 g/mol. The molecular formula is C12H12Br2FNO. The molecule has 92 valence electrons. The largest absolute Gasteiger partial charge is 0.338 e. The molecule has 1 atom stereocenters. The van der Waals surface area contributed by atoms with Gasteiger partial charge in [-0.25, -0.2) is 4.39 Å². The van der Waals surface area contributed by atoms with Crippen molar-refractivity contribution in [3.05, 3.63) is 34.1 Å². The van der Waals surface area contributed by atoms with E-state index in [2.05, 4.69) is 31.9 Å². The van der Waals surface area contributed by atoms with E-state index in [0.29, 0.717) is 23.4 Å². The van der Waals surface area contributed by atoms with Crippen LogP contribution in [0.4, 0.5) is 4.39 Å². The predicted octanol–water partition coefficient (Wildman–Crippen LogP) is 3.33. The summed E-state index contributed by atoms with van der Waals surface area (Å²) in [7, 11) is 0. The third-order valence-electron chi connectivity index (χ3n) is 2.87. The monoisotopic (exact) mass is 363 g/mol. The van der Waals surface area contributed by atoms with Gasteiger partial charge in [-0.05, 0) is 39.5 Å². The normalized spacial score (nSPS) is 20.1. The molecule has 0 N–H and O–H groups in total. The molecule has 1 saturated heterocycles. The van der Waals surface area contributed by atoms with Crippen LogP contribution in [0.25, 0.3) is 0 Å². The first kappa shape index (κ1) is 13.0. The van der Waals surface area contributed by atoms with Gasteiger partial charge in [-0.15, -0.1) is 0 Å². The van der Waals surface area contributed by atoms with Crippen molar-refractivity contribution >= 4 is 37.8 Å². The topological polar surface area (TPSA) is 20.3 Å². The van der Waals surface area contributed by atoms with Gasteiger partial charge in [-0.3, -0.25) is 4.79 Å². The minimum absolute atomic E-state index is 0.176. The van der Waals surface area contributed by atoms with E-state index < -0.39 is 0 Å². The lowest BCUT2D eigenvalue weighted by Crippen LogP contribution is -2.24. The zero-order chi connectivity index (χ0) is 12.4. The first-order chi connectivity index (χ1) is 8.10. The minimum Gasteiger partial charge on any atom is -0.338 e.